The average Bonchev–Trinajstić information content (AvgIpc) is 2.35. The van der Waals surface area contributed by atoms with E-state index < -0.39 is 0 Å². The first kappa shape index (κ1) is 13.2. The zero-order chi connectivity index (χ0) is 12.0. The summed E-state index contributed by atoms with van der Waals surface area (Å²) < 4.78 is 10.6. The molecule has 0 fully saturated rings. The van der Waals surface area contributed by atoms with Crippen LogP contribution in [0.5, 0.6) is 11.5 Å². The highest BCUT2D eigenvalue weighted by molar-refractivity contribution is 7.80. The molecule has 0 amide bonds. The molecule has 4 heteroatoms. The fourth-order valence-electron chi connectivity index (χ4n) is 1.37. The van der Waals surface area contributed by atoms with E-state index in [4.69, 9.17) is 14.6 Å². The molecule has 1 N–H and O–H groups in total. The summed E-state index contributed by atoms with van der Waals surface area (Å²) in [4.78, 5) is 0. The van der Waals surface area contributed by atoms with Gasteiger partial charge in [0.2, 0.25) is 0 Å². The third kappa shape index (κ3) is 3.32. The Balaban J connectivity index is 2.88. The van der Waals surface area contributed by atoms with Crippen LogP contribution in [0, 0.1) is 0 Å². The summed E-state index contributed by atoms with van der Waals surface area (Å²) >= 11 is 4.27. The molecule has 1 rings (SSSR count). The van der Waals surface area contributed by atoms with Crippen LogP contribution in [0.25, 0.3) is 0 Å². The topological polar surface area (TPSA) is 38.7 Å². The lowest BCUT2D eigenvalue weighted by Crippen LogP contribution is -2.04. The zero-order valence-electron chi connectivity index (χ0n) is 9.64. The van der Waals surface area contributed by atoms with Crippen molar-refractivity contribution < 1.29 is 14.6 Å². The lowest BCUT2D eigenvalue weighted by Gasteiger charge is -2.14. The van der Waals surface area contributed by atoms with Crippen molar-refractivity contribution in [3.8, 4) is 11.5 Å². The molecule has 16 heavy (non-hydrogen) atoms. The van der Waals surface area contributed by atoms with E-state index >= 15 is 0 Å². The van der Waals surface area contributed by atoms with E-state index in [1.54, 1.807) is 7.11 Å². The third-order valence-electron chi connectivity index (χ3n) is 2.38. The molecule has 1 aromatic rings. The molecule has 0 aliphatic rings. The second-order valence-corrected chi connectivity index (χ2v) is 3.93. The summed E-state index contributed by atoms with van der Waals surface area (Å²) in [7, 11) is 1.61. The van der Waals surface area contributed by atoms with Crippen LogP contribution in [0.1, 0.15) is 18.4 Å². The van der Waals surface area contributed by atoms with Gasteiger partial charge in [-0.3, -0.25) is 0 Å². The molecule has 0 aromatic heterocycles. The van der Waals surface area contributed by atoms with Gasteiger partial charge in [0.15, 0.2) is 11.5 Å². The maximum absolute atomic E-state index is 8.70. The Hall–Kier alpha value is -0.870. The van der Waals surface area contributed by atoms with Crippen molar-refractivity contribution in [1.82, 2.24) is 0 Å². The largest absolute Gasteiger partial charge is 0.493 e. The Morgan fingerprint density at radius 1 is 1.38 bits per heavy atom. The molecule has 0 aliphatic heterocycles. The molecular weight excluding hydrogens is 224 g/mol. The van der Waals surface area contributed by atoms with Crippen molar-refractivity contribution in [3.63, 3.8) is 0 Å². The number of aliphatic hydroxyl groups excluding tert-OH is 1. The Bertz CT molecular complexity index is 328. The molecule has 0 saturated carbocycles. The third-order valence-corrected chi connectivity index (χ3v) is 2.93. The monoisotopic (exact) mass is 242 g/mol. The normalized spacial score (nSPS) is 12.2. The van der Waals surface area contributed by atoms with Gasteiger partial charge in [0.25, 0.3) is 0 Å². The van der Waals surface area contributed by atoms with Gasteiger partial charge in [0.05, 0.1) is 13.7 Å². The minimum atomic E-state index is -0.00204. The summed E-state index contributed by atoms with van der Waals surface area (Å²) in [6.45, 7) is 2.38. The molecule has 1 atom stereocenters. The predicted molar refractivity (Wildman–Crippen MR) is 67.8 cm³/mol. The first-order valence-electron chi connectivity index (χ1n) is 5.25. The van der Waals surface area contributed by atoms with Gasteiger partial charge in [0.1, 0.15) is 6.61 Å². The Kier molecular flexibility index (Phi) is 5.49. The lowest BCUT2D eigenvalue weighted by atomic mass is 10.0. The van der Waals surface area contributed by atoms with Crippen molar-refractivity contribution in [1.29, 1.82) is 0 Å². The summed E-state index contributed by atoms with van der Waals surface area (Å²) in [6, 6.07) is 5.81. The Morgan fingerprint density at radius 3 is 2.69 bits per heavy atom. The number of aliphatic hydroxyl groups is 1. The summed E-state index contributed by atoms with van der Waals surface area (Å²) in [5, 5.41) is 8.70. The molecule has 0 radical (unpaired) electrons. The van der Waals surface area contributed by atoms with E-state index in [9.17, 15) is 0 Å². The molecule has 0 aliphatic carbocycles. The molecular formula is C12H18O3S. The average molecular weight is 242 g/mol. The van der Waals surface area contributed by atoms with Gasteiger partial charge in [-0.2, -0.15) is 12.6 Å². The van der Waals surface area contributed by atoms with Crippen LogP contribution in [0.4, 0.5) is 0 Å². The van der Waals surface area contributed by atoms with E-state index in [0.29, 0.717) is 17.4 Å². The molecule has 90 valence electrons. The fraction of sp³-hybridized carbons (Fsp3) is 0.500. The number of benzene rings is 1. The van der Waals surface area contributed by atoms with Gasteiger partial charge in [-0.05, 0) is 29.4 Å². The Morgan fingerprint density at radius 2 is 2.12 bits per heavy atom. The SMILES string of the molecule is COc1cc(C(C)CS)ccc1OCCO. The van der Waals surface area contributed by atoms with Gasteiger partial charge in [-0.1, -0.05) is 13.0 Å². The number of hydrogen-bond acceptors (Lipinski definition) is 4. The highest BCUT2D eigenvalue weighted by Crippen LogP contribution is 2.31. The molecule has 0 heterocycles. The second-order valence-electron chi connectivity index (χ2n) is 3.57. The maximum atomic E-state index is 8.70. The maximum Gasteiger partial charge on any atom is 0.161 e. The molecule has 0 spiro atoms. The first-order valence-corrected chi connectivity index (χ1v) is 5.88. The quantitative estimate of drug-likeness (QED) is 0.750. The van der Waals surface area contributed by atoms with Crippen LogP contribution in [0.15, 0.2) is 18.2 Å². The Labute approximate surface area is 102 Å². The number of hydrogen-bond donors (Lipinski definition) is 2. The van der Waals surface area contributed by atoms with Crippen molar-refractivity contribution >= 4 is 12.6 Å². The summed E-state index contributed by atoms with van der Waals surface area (Å²) in [6.07, 6.45) is 0. The van der Waals surface area contributed by atoms with Crippen LogP contribution >= 0.6 is 12.6 Å². The number of thiol groups is 1. The lowest BCUT2D eigenvalue weighted by molar-refractivity contribution is 0.196. The van der Waals surface area contributed by atoms with Crippen LogP contribution in [-0.4, -0.2) is 31.2 Å². The minimum absolute atomic E-state index is 0.00204. The van der Waals surface area contributed by atoms with Crippen molar-refractivity contribution in [3.05, 3.63) is 23.8 Å². The fourth-order valence-corrected chi connectivity index (χ4v) is 1.58. The highest BCUT2D eigenvalue weighted by Gasteiger charge is 2.09. The molecule has 1 aromatic carbocycles. The van der Waals surface area contributed by atoms with E-state index in [1.165, 1.54) is 5.56 Å². The van der Waals surface area contributed by atoms with Crippen LogP contribution in [0.2, 0.25) is 0 Å². The summed E-state index contributed by atoms with van der Waals surface area (Å²) in [5.41, 5.74) is 1.17. The smallest absolute Gasteiger partial charge is 0.161 e. The van der Waals surface area contributed by atoms with E-state index in [0.717, 1.165) is 5.75 Å². The second kappa shape index (κ2) is 6.66. The van der Waals surface area contributed by atoms with Crippen molar-refractivity contribution in [2.24, 2.45) is 0 Å². The summed E-state index contributed by atoms with van der Waals surface area (Å²) in [5.74, 6) is 2.52. The standard InChI is InChI=1S/C12H18O3S/c1-9(8-16)10-3-4-11(15-6-5-13)12(7-10)14-2/h3-4,7,9,13,16H,5-6,8H2,1-2H3. The van der Waals surface area contributed by atoms with Crippen molar-refractivity contribution in [2.75, 3.05) is 26.1 Å². The predicted octanol–water partition coefficient (Wildman–Crippen LogP) is 2.10. The van der Waals surface area contributed by atoms with E-state index in [1.807, 2.05) is 18.2 Å². The number of rotatable bonds is 6. The van der Waals surface area contributed by atoms with Gasteiger partial charge in [-0.25, -0.2) is 0 Å². The molecule has 0 saturated heterocycles. The van der Waals surface area contributed by atoms with Gasteiger partial charge in [-0.15, -0.1) is 0 Å². The molecule has 0 bridgehead atoms. The zero-order valence-corrected chi connectivity index (χ0v) is 10.5. The van der Waals surface area contributed by atoms with Crippen molar-refractivity contribution in [2.45, 2.75) is 12.8 Å². The van der Waals surface area contributed by atoms with Crippen LogP contribution in [-0.2, 0) is 0 Å². The van der Waals surface area contributed by atoms with Gasteiger partial charge in [0, 0.05) is 0 Å². The van der Waals surface area contributed by atoms with E-state index in [2.05, 4.69) is 19.6 Å². The van der Waals surface area contributed by atoms with Gasteiger partial charge >= 0.3 is 0 Å². The number of ether oxygens (including phenoxy) is 2. The first-order chi connectivity index (χ1) is 7.72. The van der Waals surface area contributed by atoms with Crippen LogP contribution < -0.4 is 9.47 Å². The number of methoxy groups -OCH3 is 1. The molecule has 3 nitrogen and oxygen atoms in total. The molecule has 1 unspecified atom stereocenters. The highest BCUT2D eigenvalue weighted by atomic mass is 32.1. The minimum Gasteiger partial charge on any atom is -0.493 e. The van der Waals surface area contributed by atoms with Crippen LogP contribution in [0.3, 0.4) is 0 Å². The van der Waals surface area contributed by atoms with Gasteiger partial charge < -0.3 is 14.6 Å². The van der Waals surface area contributed by atoms with E-state index in [-0.39, 0.29) is 13.2 Å².